The lowest BCUT2D eigenvalue weighted by atomic mass is 10.2. The average molecular weight is 401 g/mol. The summed E-state index contributed by atoms with van der Waals surface area (Å²) in [6.45, 7) is -0.848. The Bertz CT molecular complexity index is 636. The summed E-state index contributed by atoms with van der Waals surface area (Å²) in [7, 11) is 0. The van der Waals surface area contributed by atoms with Crippen LogP contribution < -0.4 is 26.6 Å². The van der Waals surface area contributed by atoms with E-state index in [4.69, 9.17) is 4.74 Å². The van der Waals surface area contributed by atoms with Gasteiger partial charge in [-0.3, -0.25) is 24.0 Å². The zero-order chi connectivity index (χ0) is 21.1. The number of amides is 5. The van der Waals surface area contributed by atoms with Crippen LogP contribution in [0.2, 0.25) is 0 Å². The van der Waals surface area contributed by atoms with Crippen LogP contribution in [-0.4, -0.2) is 85.5 Å². The summed E-state index contributed by atoms with van der Waals surface area (Å²) >= 11 is 0. The van der Waals surface area contributed by atoms with Crippen LogP contribution in [0, 0.1) is 0 Å². The third kappa shape index (κ3) is 8.93. The number of rotatable bonds is 1. The number of carbonyl (C=O) groups is 6. The SMILES string of the molecule is C[C@H](O)C1NC(=O)CNC(=O)CNC(=O)CNC(=O)CNC(=O)CCOC1=O. The first kappa shape index (κ1) is 22.8. The molecule has 2 atom stereocenters. The van der Waals surface area contributed by atoms with Gasteiger partial charge >= 0.3 is 5.97 Å². The molecular weight excluding hydrogens is 378 g/mol. The van der Waals surface area contributed by atoms with Gasteiger partial charge in [-0.15, -0.1) is 0 Å². The number of ether oxygens (including phenoxy) is 1. The monoisotopic (exact) mass is 401 g/mol. The van der Waals surface area contributed by atoms with Crippen LogP contribution >= 0.6 is 0 Å². The van der Waals surface area contributed by atoms with Crippen LogP contribution in [-0.2, 0) is 33.5 Å². The van der Waals surface area contributed by atoms with Crippen molar-refractivity contribution in [2.24, 2.45) is 0 Å². The van der Waals surface area contributed by atoms with E-state index in [2.05, 4.69) is 26.6 Å². The number of aliphatic hydroxyl groups is 1. The molecule has 1 unspecified atom stereocenters. The van der Waals surface area contributed by atoms with E-state index < -0.39 is 73.8 Å². The fourth-order valence-electron chi connectivity index (χ4n) is 1.93. The molecule has 13 heteroatoms. The van der Waals surface area contributed by atoms with Gasteiger partial charge in [0.05, 0.1) is 38.7 Å². The maximum Gasteiger partial charge on any atom is 0.331 e. The van der Waals surface area contributed by atoms with E-state index in [9.17, 15) is 33.9 Å². The average Bonchev–Trinajstić information content (AvgIpc) is 2.64. The Morgan fingerprint density at radius 2 is 1.21 bits per heavy atom. The standard InChI is InChI=1S/C15H23N5O8/c1-8(21)14-15(27)28-3-2-9(22)16-4-10(23)17-5-11(24)18-6-12(25)19-7-13(26)20-14/h8,14,21H,2-7H2,1H3,(H,16,22)(H,17,23)(H,18,24)(H,19,25)(H,20,26)/t8-,14?/m0/s1. The van der Waals surface area contributed by atoms with E-state index in [0.29, 0.717) is 0 Å². The molecule has 1 rings (SSSR count). The molecule has 0 aromatic heterocycles. The Balaban J connectivity index is 2.75. The molecule has 1 aliphatic rings. The molecule has 0 aromatic rings. The van der Waals surface area contributed by atoms with Crippen LogP contribution in [0.1, 0.15) is 13.3 Å². The molecule has 1 saturated heterocycles. The van der Waals surface area contributed by atoms with Crippen LogP contribution in [0.25, 0.3) is 0 Å². The van der Waals surface area contributed by atoms with Crippen LogP contribution in [0.3, 0.4) is 0 Å². The number of nitrogens with one attached hydrogen (secondary N) is 5. The molecule has 1 heterocycles. The summed E-state index contributed by atoms with van der Waals surface area (Å²) < 4.78 is 4.85. The highest BCUT2D eigenvalue weighted by Crippen LogP contribution is 1.98. The van der Waals surface area contributed by atoms with Gasteiger partial charge in [-0.05, 0) is 6.92 Å². The first-order chi connectivity index (χ1) is 13.2. The molecular formula is C15H23N5O8. The summed E-state index contributed by atoms with van der Waals surface area (Å²) in [6.07, 6.45) is -1.55. The second kappa shape index (κ2) is 11.5. The fourth-order valence-corrected chi connectivity index (χ4v) is 1.93. The van der Waals surface area contributed by atoms with Gasteiger partial charge in [0.25, 0.3) is 0 Å². The smallest absolute Gasteiger partial charge is 0.331 e. The number of aliphatic hydroxyl groups excluding tert-OH is 1. The summed E-state index contributed by atoms with van der Waals surface area (Å²) in [6, 6.07) is -1.40. The third-order valence-electron chi connectivity index (χ3n) is 3.41. The quantitative estimate of drug-likeness (QED) is 0.236. The third-order valence-corrected chi connectivity index (χ3v) is 3.41. The number of carbonyl (C=O) groups excluding carboxylic acids is 6. The maximum atomic E-state index is 12.0. The molecule has 0 spiro atoms. The molecule has 0 bridgehead atoms. The summed E-state index contributed by atoms with van der Waals surface area (Å²) in [5.41, 5.74) is 0. The van der Waals surface area contributed by atoms with Crippen LogP contribution in [0.4, 0.5) is 0 Å². The Kier molecular flexibility index (Phi) is 9.36. The number of hydrogen-bond acceptors (Lipinski definition) is 8. The van der Waals surface area contributed by atoms with E-state index in [-0.39, 0.29) is 13.0 Å². The Hall–Kier alpha value is -3.22. The van der Waals surface area contributed by atoms with Gasteiger partial charge in [0.15, 0.2) is 6.04 Å². The molecule has 0 aliphatic carbocycles. The lowest BCUT2D eigenvalue weighted by molar-refractivity contribution is -0.151. The van der Waals surface area contributed by atoms with Crippen molar-refractivity contribution >= 4 is 35.5 Å². The zero-order valence-electron chi connectivity index (χ0n) is 15.2. The largest absolute Gasteiger partial charge is 0.464 e. The van der Waals surface area contributed by atoms with E-state index in [1.54, 1.807) is 0 Å². The van der Waals surface area contributed by atoms with Gasteiger partial charge in [-0.2, -0.15) is 0 Å². The topological polar surface area (TPSA) is 192 Å². The van der Waals surface area contributed by atoms with Crippen molar-refractivity contribution in [3.8, 4) is 0 Å². The maximum absolute atomic E-state index is 12.0. The lowest BCUT2D eigenvalue weighted by Gasteiger charge is -2.20. The summed E-state index contributed by atoms with van der Waals surface area (Å²) in [5.74, 6) is -4.29. The highest BCUT2D eigenvalue weighted by molar-refractivity contribution is 5.92. The second-order valence-electron chi connectivity index (χ2n) is 5.81. The zero-order valence-corrected chi connectivity index (χ0v) is 15.2. The molecule has 0 radical (unpaired) electrons. The van der Waals surface area contributed by atoms with Crippen LogP contribution in [0.15, 0.2) is 0 Å². The van der Waals surface area contributed by atoms with Gasteiger partial charge in [0.1, 0.15) is 6.61 Å². The highest BCUT2D eigenvalue weighted by Gasteiger charge is 2.27. The minimum Gasteiger partial charge on any atom is -0.464 e. The minimum absolute atomic E-state index is 0.254. The predicted molar refractivity (Wildman–Crippen MR) is 91.2 cm³/mol. The Morgan fingerprint density at radius 3 is 1.68 bits per heavy atom. The minimum atomic E-state index is -1.40. The van der Waals surface area contributed by atoms with Crippen molar-refractivity contribution in [3.05, 3.63) is 0 Å². The first-order valence-corrected chi connectivity index (χ1v) is 8.40. The van der Waals surface area contributed by atoms with Crippen molar-refractivity contribution in [3.63, 3.8) is 0 Å². The molecule has 0 aromatic carbocycles. The molecule has 156 valence electrons. The van der Waals surface area contributed by atoms with E-state index in [1.165, 1.54) is 6.92 Å². The van der Waals surface area contributed by atoms with Gasteiger partial charge in [-0.1, -0.05) is 0 Å². The lowest BCUT2D eigenvalue weighted by Crippen LogP contribution is -2.52. The van der Waals surface area contributed by atoms with Crippen molar-refractivity contribution in [2.45, 2.75) is 25.5 Å². The second-order valence-corrected chi connectivity index (χ2v) is 5.81. The highest BCUT2D eigenvalue weighted by atomic mass is 16.5. The van der Waals surface area contributed by atoms with Crippen LogP contribution in [0.5, 0.6) is 0 Å². The molecule has 28 heavy (non-hydrogen) atoms. The number of hydrogen-bond donors (Lipinski definition) is 6. The molecule has 1 fully saturated rings. The number of esters is 1. The van der Waals surface area contributed by atoms with Crippen molar-refractivity contribution in [1.82, 2.24) is 26.6 Å². The normalized spacial score (nSPS) is 22.7. The van der Waals surface area contributed by atoms with Gasteiger partial charge in [-0.25, -0.2) is 4.79 Å². The molecule has 0 saturated carbocycles. The summed E-state index contributed by atoms with van der Waals surface area (Å²) in [5, 5.41) is 20.8. The summed E-state index contributed by atoms with van der Waals surface area (Å²) in [4.78, 5) is 70.1. The van der Waals surface area contributed by atoms with Gasteiger partial charge < -0.3 is 36.4 Å². The first-order valence-electron chi connectivity index (χ1n) is 8.40. The molecule has 6 N–H and O–H groups in total. The van der Waals surface area contributed by atoms with E-state index in [0.717, 1.165) is 0 Å². The van der Waals surface area contributed by atoms with Crippen molar-refractivity contribution < 1.29 is 38.6 Å². The van der Waals surface area contributed by atoms with E-state index in [1.807, 2.05) is 0 Å². The van der Waals surface area contributed by atoms with Gasteiger partial charge in [0.2, 0.25) is 29.5 Å². The van der Waals surface area contributed by atoms with Gasteiger partial charge in [0, 0.05) is 0 Å². The molecule has 13 nitrogen and oxygen atoms in total. The number of cyclic esters (lactones) is 1. The molecule has 1 aliphatic heterocycles. The fraction of sp³-hybridized carbons (Fsp3) is 0.600. The molecule has 5 amide bonds. The predicted octanol–water partition coefficient (Wildman–Crippen LogP) is -4.74. The Labute approximate surface area is 159 Å². The Morgan fingerprint density at radius 1 is 0.786 bits per heavy atom. The van der Waals surface area contributed by atoms with E-state index >= 15 is 0 Å². The van der Waals surface area contributed by atoms with Crippen molar-refractivity contribution in [2.75, 3.05) is 32.8 Å². The van der Waals surface area contributed by atoms with Crippen molar-refractivity contribution in [1.29, 1.82) is 0 Å².